The van der Waals surface area contributed by atoms with E-state index in [1.54, 1.807) is 0 Å². The van der Waals surface area contributed by atoms with Crippen LogP contribution in [0, 0.1) is 0 Å². The van der Waals surface area contributed by atoms with Gasteiger partial charge in [-0.05, 0) is 20.8 Å². The Balaban J connectivity index is 0. The third-order valence-electron chi connectivity index (χ3n) is 1.32. The maximum atomic E-state index is 10.3. The lowest BCUT2D eigenvalue weighted by Crippen LogP contribution is -2.02. The summed E-state index contributed by atoms with van der Waals surface area (Å²) >= 11 is 0. The number of Topliss-reactive ketones (excluding diaryl/α,β-unsaturated/α-hetero) is 1. The van der Waals surface area contributed by atoms with Gasteiger partial charge in [0.05, 0.1) is 13.5 Å². The average molecular weight is 204 g/mol. The summed E-state index contributed by atoms with van der Waals surface area (Å²) in [7, 11) is 1.31. The molecule has 4 nitrogen and oxygen atoms in total. The van der Waals surface area contributed by atoms with Gasteiger partial charge in [-0.1, -0.05) is 0 Å². The van der Waals surface area contributed by atoms with Crippen molar-refractivity contribution in [2.24, 2.45) is 0 Å². The van der Waals surface area contributed by atoms with Gasteiger partial charge in [-0.25, -0.2) is 0 Å². The molecule has 0 atom stereocenters. The molecule has 0 unspecified atom stereocenters. The second-order valence-corrected chi connectivity index (χ2v) is 2.56. The molecule has 0 rings (SSSR count). The summed E-state index contributed by atoms with van der Waals surface area (Å²) in [6.45, 7) is 7.11. The lowest BCUT2D eigenvalue weighted by molar-refractivity contribution is -0.141. The molecular weight excluding hydrogens is 184 g/mol. The predicted molar refractivity (Wildman–Crippen MR) is 54.1 cm³/mol. The largest absolute Gasteiger partial charge is 0.469 e. The average Bonchev–Trinajstić information content (AvgIpc) is 2.16. The Morgan fingerprint density at radius 2 is 1.57 bits per heavy atom. The summed E-state index contributed by atoms with van der Waals surface area (Å²) in [6, 6.07) is 0. The molecule has 0 spiro atoms. The van der Waals surface area contributed by atoms with Crippen LogP contribution in [-0.4, -0.2) is 32.1 Å². The van der Waals surface area contributed by atoms with E-state index in [1.165, 1.54) is 14.0 Å². The second kappa shape index (κ2) is 12.1. The topological polar surface area (TPSA) is 52.6 Å². The number of methoxy groups -OCH3 is 1. The van der Waals surface area contributed by atoms with Crippen molar-refractivity contribution in [3.63, 3.8) is 0 Å². The van der Waals surface area contributed by atoms with Gasteiger partial charge in [0, 0.05) is 19.6 Å². The van der Waals surface area contributed by atoms with Crippen LogP contribution in [0.15, 0.2) is 0 Å². The summed E-state index contributed by atoms with van der Waals surface area (Å²) < 4.78 is 9.14. The lowest BCUT2D eigenvalue weighted by atomic mass is 10.2. The van der Waals surface area contributed by atoms with Crippen LogP contribution in [0.4, 0.5) is 0 Å². The molecule has 0 fully saturated rings. The highest BCUT2D eigenvalue weighted by molar-refractivity contribution is 5.80. The van der Waals surface area contributed by atoms with Gasteiger partial charge in [-0.15, -0.1) is 0 Å². The molecule has 0 saturated heterocycles. The normalized spacial score (nSPS) is 8.57. The Labute approximate surface area is 85.6 Å². The molecule has 0 aromatic heterocycles. The minimum absolute atomic E-state index is 0.0143. The maximum absolute atomic E-state index is 10.3. The third-order valence-corrected chi connectivity index (χ3v) is 1.32. The number of ketones is 1. The molecule has 0 bridgehead atoms. The molecular formula is C10H20O4. The van der Waals surface area contributed by atoms with Crippen LogP contribution in [0.25, 0.3) is 0 Å². The summed E-state index contributed by atoms with van der Waals surface area (Å²) in [5, 5.41) is 0. The molecule has 0 aromatic rings. The predicted octanol–water partition coefficient (Wildman–Crippen LogP) is 1.57. The number of carbonyl (C=O) groups excluding carboxylic acids is 2. The third kappa shape index (κ3) is 17.3. The quantitative estimate of drug-likeness (QED) is 0.638. The van der Waals surface area contributed by atoms with Gasteiger partial charge in [-0.3, -0.25) is 4.79 Å². The zero-order valence-electron chi connectivity index (χ0n) is 9.46. The van der Waals surface area contributed by atoms with Gasteiger partial charge in [-0.2, -0.15) is 0 Å². The van der Waals surface area contributed by atoms with Crippen LogP contribution in [0.2, 0.25) is 0 Å². The van der Waals surface area contributed by atoms with Gasteiger partial charge >= 0.3 is 5.97 Å². The van der Waals surface area contributed by atoms with Crippen molar-refractivity contribution in [2.45, 2.75) is 33.6 Å². The Hall–Kier alpha value is -0.900. The number of hydrogen-bond acceptors (Lipinski definition) is 4. The van der Waals surface area contributed by atoms with E-state index in [0.29, 0.717) is 0 Å². The van der Waals surface area contributed by atoms with Crippen molar-refractivity contribution in [3.8, 4) is 0 Å². The highest BCUT2D eigenvalue weighted by Crippen LogP contribution is 1.91. The van der Waals surface area contributed by atoms with E-state index < -0.39 is 0 Å². The number of rotatable bonds is 5. The van der Waals surface area contributed by atoms with E-state index >= 15 is 0 Å². The standard InChI is InChI=1S/C6H10O3.C4H10O/c1-5(7)3-4-6(8)9-2;1-3-5-4-2/h3-4H2,1-2H3;3-4H2,1-2H3. The summed E-state index contributed by atoms with van der Waals surface area (Å²) in [6.07, 6.45) is 0.485. The van der Waals surface area contributed by atoms with Crippen LogP contribution in [0.3, 0.4) is 0 Å². The van der Waals surface area contributed by atoms with Crippen molar-refractivity contribution in [2.75, 3.05) is 20.3 Å². The van der Waals surface area contributed by atoms with E-state index in [-0.39, 0.29) is 24.6 Å². The molecule has 0 radical (unpaired) electrons. The molecule has 4 heteroatoms. The van der Waals surface area contributed by atoms with E-state index in [9.17, 15) is 9.59 Å². The van der Waals surface area contributed by atoms with Crippen LogP contribution < -0.4 is 0 Å². The number of hydrogen-bond donors (Lipinski definition) is 0. The molecule has 14 heavy (non-hydrogen) atoms. The molecule has 0 amide bonds. The van der Waals surface area contributed by atoms with Crippen molar-refractivity contribution in [3.05, 3.63) is 0 Å². The van der Waals surface area contributed by atoms with E-state index in [2.05, 4.69) is 4.74 Å². The number of ether oxygens (including phenoxy) is 2. The van der Waals surface area contributed by atoms with Gasteiger partial charge in [0.2, 0.25) is 0 Å². The number of esters is 1. The van der Waals surface area contributed by atoms with Crippen molar-refractivity contribution >= 4 is 11.8 Å². The van der Waals surface area contributed by atoms with E-state index in [1.807, 2.05) is 13.8 Å². The first-order valence-electron chi connectivity index (χ1n) is 4.72. The lowest BCUT2D eigenvalue weighted by Gasteiger charge is -1.93. The fraction of sp³-hybridized carbons (Fsp3) is 0.800. The van der Waals surface area contributed by atoms with E-state index in [4.69, 9.17) is 4.74 Å². The fourth-order valence-corrected chi connectivity index (χ4v) is 0.584. The first-order chi connectivity index (χ1) is 6.58. The molecule has 84 valence electrons. The molecule has 0 saturated carbocycles. The fourth-order valence-electron chi connectivity index (χ4n) is 0.584. The van der Waals surface area contributed by atoms with Gasteiger partial charge < -0.3 is 14.3 Å². The molecule has 0 aliphatic carbocycles. The summed E-state index contributed by atoms with van der Waals surface area (Å²) in [4.78, 5) is 20.6. The Morgan fingerprint density at radius 3 is 1.79 bits per heavy atom. The SMILES string of the molecule is CCOCC.COC(=O)CCC(C)=O. The second-order valence-electron chi connectivity index (χ2n) is 2.56. The maximum Gasteiger partial charge on any atom is 0.305 e. The van der Waals surface area contributed by atoms with Crippen molar-refractivity contribution in [1.82, 2.24) is 0 Å². The molecule has 0 N–H and O–H groups in total. The first-order valence-corrected chi connectivity index (χ1v) is 4.72. The molecule has 0 aliphatic heterocycles. The minimum Gasteiger partial charge on any atom is -0.469 e. The van der Waals surface area contributed by atoms with Gasteiger partial charge in [0.25, 0.3) is 0 Å². The first kappa shape index (κ1) is 15.6. The monoisotopic (exact) mass is 204 g/mol. The Bertz CT molecular complexity index is 152. The highest BCUT2D eigenvalue weighted by Gasteiger charge is 2.00. The zero-order chi connectivity index (χ0) is 11.4. The molecule has 0 heterocycles. The number of carbonyl (C=O) groups is 2. The summed E-state index contributed by atoms with van der Waals surface area (Å²) in [5.74, 6) is -0.314. The summed E-state index contributed by atoms with van der Waals surface area (Å²) in [5.41, 5.74) is 0. The van der Waals surface area contributed by atoms with Crippen LogP contribution >= 0.6 is 0 Å². The van der Waals surface area contributed by atoms with Gasteiger partial charge in [0.15, 0.2) is 0 Å². The van der Waals surface area contributed by atoms with Crippen molar-refractivity contribution < 1.29 is 19.1 Å². The van der Waals surface area contributed by atoms with Crippen molar-refractivity contribution in [1.29, 1.82) is 0 Å². The van der Waals surface area contributed by atoms with E-state index in [0.717, 1.165) is 13.2 Å². The van der Waals surface area contributed by atoms with Crippen LogP contribution in [0.5, 0.6) is 0 Å². The van der Waals surface area contributed by atoms with Gasteiger partial charge in [0.1, 0.15) is 5.78 Å². The zero-order valence-corrected chi connectivity index (χ0v) is 9.46. The van der Waals surface area contributed by atoms with Crippen LogP contribution in [-0.2, 0) is 19.1 Å². The van der Waals surface area contributed by atoms with Crippen LogP contribution in [0.1, 0.15) is 33.6 Å². The smallest absolute Gasteiger partial charge is 0.305 e. The molecule has 0 aliphatic rings. The molecule has 0 aromatic carbocycles. The highest BCUT2D eigenvalue weighted by atomic mass is 16.5. The Kier molecular flexibility index (Phi) is 13.5. The minimum atomic E-state index is -0.329. The Morgan fingerprint density at radius 1 is 1.07 bits per heavy atom.